The standard InChI is InChI=1S/C8H13NS.ClH/c1-3-7(9)8-6(2)4-5-10-8;/h4-5,7H,3,9H2,1-2H3;1H/t7-;/m0./s1. The third kappa shape index (κ3) is 2.47. The van der Waals surface area contributed by atoms with Crippen LogP contribution in [0.2, 0.25) is 0 Å². The van der Waals surface area contributed by atoms with Gasteiger partial charge in [-0.3, -0.25) is 0 Å². The fourth-order valence-corrected chi connectivity index (χ4v) is 1.96. The molecule has 0 fully saturated rings. The number of hydrogen-bond acceptors (Lipinski definition) is 2. The zero-order chi connectivity index (χ0) is 7.56. The minimum Gasteiger partial charge on any atom is -0.323 e. The van der Waals surface area contributed by atoms with Crippen LogP contribution >= 0.6 is 23.7 Å². The van der Waals surface area contributed by atoms with Gasteiger partial charge in [0, 0.05) is 10.9 Å². The Bertz CT molecular complexity index is 210. The second kappa shape index (κ2) is 4.75. The molecule has 3 heteroatoms. The highest BCUT2D eigenvalue weighted by molar-refractivity contribution is 7.10. The molecule has 0 saturated heterocycles. The maximum Gasteiger partial charge on any atom is 0.0389 e. The molecule has 2 N–H and O–H groups in total. The van der Waals surface area contributed by atoms with Gasteiger partial charge in [0.15, 0.2) is 0 Å². The Hall–Kier alpha value is -0.0500. The van der Waals surface area contributed by atoms with Gasteiger partial charge in [-0.1, -0.05) is 6.92 Å². The molecule has 0 saturated carbocycles. The highest BCUT2D eigenvalue weighted by Crippen LogP contribution is 2.23. The van der Waals surface area contributed by atoms with Crippen molar-refractivity contribution >= 4 is 23.7 Å². The zero-order valence-corrected chi connectivity index (χ0v) is 8.47. The van der Waals surface area contributed by atoms with Gasteiger partial charge in [-0.05, 0) is 30.4 Å². The summed E-state index contributed by atoms with van der Waals surface area (Å²) in [6.45, 7) is 4.23. The van der Waals surface area contributed by atoms with E-state index in [0.717, 1.165) is 6.42 Å². The quantitative estimate of drug-likeness (QED) is 0.765. The normalized spacial score (nSPS) is 12.3. The lowest BCUT2D eigenvalue weighted by atomic mass is 10.1. The molecule has 11 heavy (non-hydrogen) atoms. The predicted molar refractivity (Wildman–Crippen MR) is 53.5 cm³/mol. The van der Waals surface area contributed by atoms with Crippen LogP contribution in [0.4, 0.5) is 0 Å². The van der Waals surface area contributed by atoms with Crippen LogP contribution in [0, 0.1) is 6.92 Å². The Morgan fingerprint density at radius 1 is 1.64 bits per heavy atom. The van der Waals surface area contributed by atoms with Gasteiger partial charge in [-0.2, -0.15) is 0 Å². The van der Waals surface area contributed by atoms with Crippen LogP contribution in [0.15, 0.2) is 11.4 Å². The van der Waals surface area contributed by atoms with Crippen molar-refractivity contribution in [1.82, 2.24) is 0 Å². The lowest BCUT2D eigenvalue weighted by Crippen LogP contribution is -2.07. The molecule has 0 aliphatic carbocycles. The van der Waals surface area contributed by atoms with E-state index in [9.17, 15) is 0 Å². The Balaban J connectivity index is 0.000001000. The second-order valence-electron chi connectivity index (χ2n) is 2.48. The molecule has 0 unspecified atom stereocenters. The highest BCUT2D eigenvalue weighted by Gasteiger charge is 2.06. The topological polar surface area (TPSA) is 26.0 Å². The number of nitrogens with two attached hydrogens (primary N) is 1. The summed E-state index contributed by atoms with van der Waals surface area (Å²) < 4.78 is 0. The van der Waals surface area contributed by atoms with Crippen molar-refractivity contribution in [2.75, 3.05) is 0 Å². The molecule has 1 aromatic rings. The smallest absolute Gasteiger partial charge is 0.0389 e. The van der Waals surface area contributed by atoms with E-state index in [2.05, 4.69) is 25.3 Å². The van der Waals surface area contributed by atoms with Crippen LogP contribution in [0.1, 0.15) is 29.8 Å². The molecule has 0 radical (unpaired) electrons. The molecule has 1 heterocycles. The first kappa shape index (κ1) is 11.0. The summed E-state index contributed by atoms with van der Waals surface area (Å²) in [6, 6.07) is 2.37. The highest BCUT2D eigenvalue weighted by atomic mass is 35.5. The van der Waals surface area contributed by atoms with Gasteiger partial charge >= 0.3 is 0 Å². The third-order valence-corrected chi connectivity index (χ3v) is 2.83. The molecule has 64 valence electrons. The minimum atomic E-state index is 0. The first-order valence-electron chi connectivity index (χ1n) is 3.55. The van der Waals surface area contributed by atoms with E-state index in [1.54, 1.807) is 11.3 Å². The van der Waals surface area contributed by atoms with Crippen molar-refractivity contribution in [2.45, 2.75) is 26.3 Å². The van der Waals surface area contributed by atoms with E-state index >= 15 is 0 Å². The van der Waals surface area contributed by atoms with Gasteiger partial charge in [0.2, 0.25) is 0 Å². The average Bonchev–Trinajstić information content (AvgIpc) is 2.34. The van der Waals surface area contributed by atoms with Gasteiger partial charge in [0.25, 0.3) is 0 Å². The average molecular weight is 192 g/mol. The van der Waals surface area contributed by atoms with Crippen molar-refractivity contribution in [2.24, 2.45) is 5.73 Å². The van der Waals surface area contributed by atoms with Crippen molar-refractivity contribution in [3.8, 4) is 0 Å². The lowest BCUT2D eigenvalue weighted by molar-refractivity contribution is 0.708. The van der Waals surface area contributed by atoms with E-state index in [-0.39, 0.29) is 18.4 Å². The molecule has 0 spiro atoms. The van der Waals surface area contributed by atoms with Gasteiger partial charge in [0.05, 0.1) is 0 Å². The molecule has 0 amide bonds. The fourth-order valence-electron chi connectivity index (χ4n) is 0.950. The number of hydrogen-bond donors (Lipinski definition) is 1. The van der Waals surface area contributed by atoms with E-state index in [1.807, 2.05) is 0 Å². The molecule has 0 aliphatic heterocycles. The van der Waals surface area contributed by atoms with Crippen LogP contribution in [0.3, 0.4) is 0 Å². The molecule has 1 atom stereocenters. The molecular weight excluding hydrogens is 178 g/mol. The number of halogens is 1. The SMILES string of the molecule is CC[C@H](N)c1sccc1C.Cl. The molecule has 1 aromatic heterocycles. The van der Waals surface area contributed by atoms with Crippen LogP contribution in [-0.2, 0) is 0 Å². The maximum atomic E-state index is 5.85. The van der Waals surface area contributed by atoms with E-state index in [1.165, 1.54) is 10.4 Å². The third-order valence-electron chi connectivity index (χ3n) is 1.68. The summed E-state index contributed by atoms with van der Waals surface area (Å²) in [5.41, 5.74) is 7.18. The summed E-state index contributed by atoms with van der Waals surface area (Å²) in [5.74, 6) is 0. The van der Waals surface area contributed by atoms with E-state index in [0.29, 0.717) is 0 Å². The van der Waals surface area contributed by atoms with Crippen LogP contribution in [-0.4, -0.2) is 0 Å². The van der Waals surface area contributed by atoms with Crippen molar-refractivity contribution in [3.05, 3.63) is 21.9 Å². The van der Waals surface area contributed by atoms with Crippen molar-refractivity contribution in [1.29, 1.82) is 0 Å². The molecule has 0 aromatic carbocycles. The first-order valence-corrected chi connectivity index (χ1v) is 4.43. The Labute approximate surface area is 78.0 Å². The summed E-state index contributed by atoms with van der Waals surface area (Å²) in [4.78, 5) is 1.34. The second-order valence-corrected chi connectivity index (χ2v) is 3.43. The Morgan fingerprint density at radius 2 is 2.27 bits per heavy atom. The monoisotopic (exact) mass is 191 g/mol. The summed E-state index contributed by atoms with van der Waals surface area (Å²) in [6.07, 6.45) is 1.03. The van der Waals surface area contributed by atoms with Crippen molar-refractivity contribution in [3.63, 3.8) is 0 Å². The summed E-state index contributed by atoms with van der Waals surface area (Å²) in [7, 11) is 0. The van der Waals surface area contributed by atoms with Gasteiger partial charge in [-0.25, -0.2) is 0 Å². The van der Waals surface area contributed by atoms with Crippen LogP contribution in [0.25, 0.3) is 0 Å². The Kier molecular flexibility index (Phi) is 4.73. The first-order chi connectivity index (χ1) is 4.75. The predicted octanol–water partition coefficient (Wildman–Crippen LogP) is 2.89. The van der Waals surface area contributed by atoms with Crippen LogP contribution in [0.5, 0.6) is 0 Å². The van der Waals surface area contributed by atoms with Gasteiger partial charge in [-0.15, -0.1) is 23.7 Å². The summed E-state index contributed by atoms with van der Waals surface area (Å²) >= 11 is 1.76. The number of rotatable bonds is 2. The zero-order valence-electron chi connectivity index (χ0n) is 6.83. The van der Waals surface area contributed by atoms with E-state index < -0.39 is 0 Å². The van der Waals surface area contributed by atoms with Crippen molar-refractivity contribution < 1.29 is 0 Å². The van der Waals surface area contributed by atoms with Gasteiger partial charge in [0.1, 0.15) is 0 Å². The molecule has 1 rings (SSSR count). The molecule has 0 aliphatic rings. The largest absolute Gasteiger partial charge is 0.323 e. The number of thiophene rings is 1. The molecular formula is C8H14ClNS. The Morgan fingerprint density at radius 3 is 2.64 bits per heavy atom. The molecule has 1 nitrogen and oxygen atoms in total. The van der Waals surface area contributed by atoms with E-state index in [4.69, 9.17) is 5.73 Å². The van der Waals surface area contributed by atoms with Gasteiger partial charge < -0.3 is 5.73 Å². The van der Waals surface area contributed by atoms with Crippen LogP contribution < -0.4 is 5.73 Å². The molecule has 0 bridgehead atoms. The minimum absolute atomic E-state index is 0. The maximum absolute atomic E-state index is 5.85. The fraction of sp³-hybridized carbons (Fsp3) is 0.500. The number of aryl methyl sites for hydroxylation is 1. The summed E-state index contributed by atoms with van der Waals surface area (Å²) in [5, 5.41) is 2.10. The lowest BCUT2D eigenvalue weighted by Gasteiger charge is -2.06.